The first-order valence-electron chi connectivity index (χ1n) is 5.27. The Morgan fingerprint density at radius 1 is 1.29 bits per heavy atom. The summed E-state index contributed by atoms with van der Waals surface area (Å²) in [4.78, 5) is 0. The largest absolute Gasteiger partial charge is 0.376 e. The molecule has 2 nitrogen and oxygen atoms in total. The molecular weight excluding hydrogens is 174 g/mol. The third kappa shape index (κ3) is 2.82. The van der Waals surface area contributed by atoms with Crippen molar-refractivity contribution in [1.29, 1.82) is 0 Å². The summed E-state index contributed by atoms with van der Waals surface area (Å²) in [6, 6.07) is 10.3. The molecule has 1 aromatic carbocycles. The molecule has 2 heteroatoms. The standard InChI is InChI=1S/C12H17NO/c1-2-4-11(5-3-1)9-14-10-12-6-7-13-8-12/h1-5,12-13H,6-10H2/t12-/m1/s1. The summed E-state index contributed by atoms with van der Waals surface area (Å²) < 4.78 is 5.66. The number of hydrogen-bond donors (Lipinski definition) is 1. The summed E-state index contributed by atoms with van der Waals surface area (Å²) in [5.74, 6) is 0.721. The maximum atomic E-state index is 5.66. The Hall–Kier alpha value is -0.860. The van der Waals surface area contributed by atoms with E-state index in [-0.39, 0.29) is 0 Å². The van der Waals surface area contributed by atoms with E-state index in [4.69, 9.17) is 4.74 Å². The first-order valence-corrected chi connectivity index (χ1v) is 5.27. The van der Waals surface area contributed by atoms with E-state index in [1.54, 1.807) is 0 Å². The van der Waals surface area contributed by atoms with Crippen molar-refractivity contribution in [2.75, 3.05) is 19.7 Å². The number of nitrogens with one attached hydrogen (secondary N) is 1. The van der Waals surface area contributed by atoms with Crippen LogP contribution in [0.15, 0.2) is 30.3 Å². The lowest BCUT2D eigenvalue weighted by Gasteiger charge is -2.08. The van der Waals surface area contributed by atoms with Gasteiger partial charge in [0.2, 0.25) is 0 Å². The molecule has 1 heterocycles. The third-order valence-electron chi connectivity index (χ3n) is 2.63. The van der Waals surface area contributed by atoms with Gasteiger partial charge in [-0.1, -0.05) is 30.3 Å². The minimum atomic E-state index is 0.721. The van der Waals surface area contributed by atoms with E-state index >= 15 is 0 Å². The van der Waals surface area contributed by atoms with E-state index in [2.05, 4.69) is 29.6 Å². The van der Waals surface area contributed by atoms with Crippen LogP contribution in [0.25, 0.3) is 0 Å². The highest BCUT2D eigenvalue weighted by Gasteiger charge is 2.13. The van der Waals surface area contributed by atoms with Crippen LogP contribution in [0.2, 0.25) is 0 Å². The number of benzene rings is 1. The zero-order valence-corrected chi connectivity index (χ0v) is 8.41. The molecule has 0 saturated carbocycles. The topological polar surface area (TPSA) is 21.3 Å². The predicted octanol–water partition coefficient (Wildman–Crippen LogP) is 1.81. The normalized spacial score (nSPS) is 21.3. The highest BCUT2D eigenvalue weighted by atomic mass is 16.5. The molecule has 1 fully saturated rings. The van der Waals surface area contributed by atoms with Crippen LogP contribution in [0.3, 0.4) is 0 Å². The minimum Gasteiger partial charge on any atom is -0.376 e. The zero-order chi connectivity index (χ0) is 9.64. The average Bonchev–Trinajstić information content (AvgIpc) is 2.72. The number of rotatable bonds is 4. The highest BCUT2D eigenvalue weighted by molar-refractivity contribution is 5.13. The summed E-state index contributed by atoms with van der Waals surface area (Å²) in [6.07, 6.45) is 1.26. The van der Waals surface area contributed by atoms with E-state index in [1.807, 2.05) is 6.07 Å². The fourth-order valence-corrected chi connectivity index (χ4v) is 1.77. The van der Waals surface area contributed by atoms with E-state index in [9.17, 15) is 0 Å². The van der Waals surface area contributed by atoms with E-state index in [1.165, 1.54) is 12.0 Å². The van der Waals surface area contributed by atoms with Gasteiger partial charge in [-0.05, 0) is 24.4 Å². The predicted molar refractivity (Wildman–Crippen MR) is 57.1 cm³/mol. The monoisotopic (exact) mass is 191 g/mol. The minimum absolute atomic E-state index is 0.721. The van der Waals surface area contributed by atoms with Crippen molar-refractivity contribution in [3.63, 3.8) is 0 Å². The molecule has 0 aliphatic carbocycles. The van der Waals surface area contributed by atoms with Crippen molar-refractivity contribution in [3.05, 3.63) is 35.9 Å². The van der Waals surface area contributed by atoms with Crippen LogP contribution in [-0.2, 0) is 11.3 Å². The molecule has 1 aromatic rings. The maximum absolute atomic E-state index is 5.66. The Labute approximate surface area is 85.3 Å². The first-order chi connectivity index (χ1) is 6.95. The van der Waals surface area contributed by atoms with Gasteiger partial charge in [0, 0.05) is 6.54 Å². The van der Waals surface area contributed by atoms with Crippen molar-refractivity contribution in [2.24, 2.45) is 5.92 Å². The van der Waals surface area contributed by atoms with Crippen molar-refractivity contribution >= 4 is 0 Å². The van der Waals surface area contributed by atoms with Crippen molar-refractivity contribution < 1.29 is 4.74 Å². The summed E-state index contributed by atoms with van der Waals surface area (Å²) in [7, 11) is 0. The van der Waals surface area contributed by atoms with Crippen molar-refractivity contribution in [2.45, 2.75) is 13.0 Å². The summed E-state index contributed by atoms with van der Waals surface area (Å²) >= 11 is 0. The van der Waals surface area contributed by atoms with Crippen molar-refractivity contribution in [1.82, 2.24) is 5.32 Å². The molecule has 14 heavy (non-hydrogen) atoms. The zero-order valence-electron chi connectivity index (χ0n) is 8.41. The molecule has 1 aliphatic heterocycles. The molecule has 2 rings (SSSR count). The molecule has 1 aliphatic rings. The molecular formula is C12H17NO. The van der Waals surface area contributed by atoms with E-state index < -0.39 is 0 Å². The second-order valence-corrected chi connectivity index (χ2v) is 3.86. The van der Waals surface area contributed by atoms with Gasteiger partial charge < -0.3 is 10.1 Å². The Kier molecular flexibility index (Phi) is 3.55. The molecule has 1 atom stereocenters. The van der Waals surface area contributed by atoms with Gasteiger partial charge in [0.25, 0.3) is 0 Å². The highest BCUT2D eigenvalue weighted by Crippen LogP contribution is 2.09. The van der Waals surface area contributed by atoms with Gasteiger partial charge in [-0.25, -0.2) is 0 Å². The van der Waals surface area contributed by atoms with Crippen LogP contribution in [0.1, 0.15) is 12.0 Å². The lowest BCUT2D eigenvalue weighted by molar-refractivity contribution is 0.0925. The van der Waals surface area contributed by atoms with Crippen LogP contribution in [-0.4, -0.2) is 19.7 Å². The fourth-order valence-electron chi connectivity index (χ4n) is 1.77. The molecule has 0 spiro atoms. The Balaban J connectivity index is 1.67. The first kappa shape index (κ1) is 9.69. The molecule has 0 radical (unpaired) electrons. The second kappa shape index (κ2) is 5.13. The van der Waals surface area contributed by atoms with Gasteiger partial charge >= 0.3 is 0 Å². The summed E-state index contributed by atoms with van der Waals surface area (Å²) in [5.41, 5.74) is 1.26. The third-order valence-corrected chi connectivity index (χ3v) is 2.63. The van der Waals surface area contributed by atoms with Crippen molar-refractivity contribution in [3.8, 4) is 0 Å². The summed E-state index contributed by atoms with van der Waals surface area (Å²) in [6.45, 7) is 3.91. The molecule has 0 amide bonds. The molecule has 0 bridgehead atoms. The molecule has 0 aromatic heterocycles. The van der Waals surface area contributed by atoms with Gasteiger partial charge in [0.05, 0.1) is 13.2 Å². The molecule has 76 valence electrons. The Morgan fingerprint density at radius 2 is 2.14 bits per heavy atom. The van der Waals surface area contributed by atoms with Gasteiger partial charge in [-0.3, -0.25) is 0 Å². The summed E-state index contributed by atoms with van der Waals surface area (Å²) in [5, 5.41) is 3.34. The van der Waals surface area contributed by atoms with E-state index in [0.717, 1.165) is 32.2 Å². The number of ether oxygens (including phenoxy) is 1. The van der Waals surface area contributed by atoms with E-state index in [0.29, 0.717) is 0 Å². The molecule has 0 unspecified atom stereocenters. The van der Waals surface area contributed by atoms with Crippen LogP contribution in [0, 0.1) is 5.92 Å². The quantitative estimate of drug-likeness (QED) is 0.783. The van der Waals surface area contributed by atoms with Gasteiger partial charge in [0.15, 0.2) is 0 Å². The Morgan fingerprint density at radius 3 is 2.86 bits per heavy atom. The fraction of sp³-hybridized carbons (Fsp3) is 0.500. The smallest absolute Gasteiger partial charge is 0.0717 e. The van der Waals surface area contributed by atoms with Gasteiger partial charge in [-0.15, -0.1) is 0 Å². The number of hydrogen-bond acceptors (Lipinski definition) is 2. The lowest BCUT2D eigenvalue weighted by Crippen LogP contribution is -2.13. The maximum Gasteiger partial charge on any atom is 0.0717 e. The van der Waals surface area contributed by atoms with Crippen LogP contribution in [0.4, 0.5) is 0 Å². The van der Waals surface area contributed by atoms with Crippen LogP contribution in [0.5, 0.6) is 0 Å². The average molecular weight is 191 g/mol. The second-order valence-electron chi connectivity index (χ2n) is 3.86. The van der Waals surface area contributed by atoms with Gasteiger partial charge in [-0.2, -0.15) is 0 Å². The molecule has 1 saturated heterocycles. The van der Waals surface area contributed by atoms with Gasteiger partial charge in [0.1, 0.15) is 0 Å². The van der Waals surface area contributed by atoms with Crippen LogP contribution < -0.4 is 5.32 Å². The SMILES string of the molecule is c1ccc(COC[C@@H]2CCNC2)cc1. The lowest BCUT2D eigenvalue weighted by atomic mass is 10.1. The molecule has 1 N–H and O–H groups in total. The van der Waals surface area contributed by atoms with Crippen LogP contribution >= 0.6 is 0 Å². The Bertz CT molecular complexity index is 254.